The first kappa shape index (κ1) is 12.8. The van der Waals surface area contributed by atoms with Gasteiger partial charge in [0.25, 0.3) is 0 Å². The molecule has 0 saturated carbocycles. The molecule has 0 aliphatic heterocycles. The maximum Gasteiger partial charge on any atom is 0.312 e. The summed E-state index contributed by atoms with van der Waals surface area (Å²) in [5.74, 6) is -2.92. The second kappa shape index (κ2) is 4.40. The number of hydrogen-bond donors (Lipinski definition) is 1. The van der Waals surface area contributed by atoms with Gasteiger partial charge in [0.15, 0.2) is 11.6 Å². The normalized spacial score (nSPS) is 17.2. The van der Waals surface area contributed by atoms with Crippen molar-refractivity contribution < 1.29 is 18.7 Å². The predicted octanol–water partition coefficient (Wildman–Crippen LogP) is 2.48. The van der Waals surface area contributed by atoms with Crippen LogP contribution in [0.25, 0.3) is 11.4 Å². The fourth-order valence-electron chi connectivity index (χ4n) is 2.68. The topological polar surface area (TPSA) is 55.1 Å². The number of carbonyl (C=O) groups is 1. The van der Waals surface area contributed by atoms with Gasteiger partial charge in [-0.1, -0.05) is 0 Å². The van der Waals surface area contributed by atoms with Crippen LogP contribution in [0.4, 0.5) is 8.78 Å². The van der Waals surface area contributed by atoms with Crippen molar-refractivity contribution in [1.82, 2.24) is 9.55 Å². The van der Waals surface area contributed by atoms with E-state index in [2.05, 4.69) is 4.98 Å². The third-order valence-corrected chi connectivity index (χ3v) is 3.72. The lowest BCUT2D eigenvalue weighted by atomic mass is 10.1. The number of halogens is 2. The number of fused-ring (bicyclic) bond motifs is 1. The van der Waals surface area contributed by atoms with E-state index >= 15 is 0 Å². The lowest BCUT2D eigenvalue weighted by Crippen LogP contribution is -2.08. The molecule has 1 aromatic heterocycles. The number of aliphatic carboxylic acids is 1. The van der Waals surface area contributed by atoms with Crippen LogP contribution in [0.3, 0.4) is 0 Å². The van der Waals surface area contributed by atoms with Gasteiger partial charge in [-0.2, -0.15) is 0 Å². The van der Waals surface area contributed by atoms with E-state index in [0.717, 1.165) is 17.8 Å². The van der Waals surface area contributed by atoms with E-state index in [9.17, 15) is 13.6 Å². The summed E-state index contributed by atoms with van der Waals surface area (Å²) >= 11 is 0. The summed E-state index contributed by atoms with van der Waals surface area (Å²) in [6, 6.07) is 3.55. The largest absolute Gasteiger partial charge is 0.481 e. The minimum Gasteiger partial charge on any atom is -0.481 e. The van der Waals surface area contributed by atoms with Gasteiger partial charge in [0.2, 0.25) is 0 Å². The van der Waals surface area contributed by atoms with Gasteiger partial charge in [0, 0.05) is 18.3 Å². The maximum atomic E-state index is 13.3. The van der Waals surface area contributed by atoms with Crippen LogP contribution in [-0.4, -0.2) is 20.6 Å². The molecule has 6 heteroatoms. The summed E-state index contributed by atoms with van der Waals surface area (Å²) in [6.45, 7) is 0. The Kier molecular flexibility index (Phi) is 2.81. The molecule has 1 aliphatic carbocycles. The Hall–Kier alpha value is -2.24. The number of nitrogens with zero attached hydrogens (tertiary/aromatic N) is 2. The number of aromatic nitrogens is 2. The molecule has 1 N–H and O–H groups in total. The molecule has 3 rings (SSSR count). The van der Waals surface area contributed by atoms with Crippen LogP contribution in [0.5, 0.6) is 0 Å². The van der Waals surface area contributed by atoms with Gasteiger partial charge in [-0.25, -0.2) is 13.8 Å². The summed E-state index contributed by atoms with van der Waals surface area (Å²) in [7, 11) is 1.76. The fourth-order valence-corrected chi connectivity index (χ4v) is 2.68. The Balaban J connectivity index is 2.10. The molecule has 1 heterocycles. The molecular formula is C14H12F2N2O2. The van der Waals surface area contributed by atoms with Crippen LogP contribution in [0.1, 0.15) is 23.7 Å². The van der Waals surface area contributed by atoms with Crippen LogP contribution in [0.2, 0.25) is 0 Å². The van der Waals surface area contributed by atoms with Crippen molar-refractivity contribution in [3.63, 3.8) is 0 Å². The predicted molar refractivity (Wildman–Crippen MR) is 67.3 cm³/mol. The van der Waals surface area contributed by atoms with Gasteiger partial charge in [0.1, 0.15) is 11.7 Å². The summed E-state index contributed by atoms with van der Waals surface area (Å²) in [6.07, 6.45) is 1.15. The molecule has 0 saturated heterocycles. The average Bonchev–Trinajstić information content (AvgIpc) is 2.94. The van der Waals surface area contributed by atoms with Crippen molar-refractivity contribution in [2.24, 2.45) is 7.05 Å². The van der Waals surface area contributed by atoms with Gasteiger partial charge < -0.3 is 9.67 Å². The number of benzene rings is 1. The van der Waals surface area contributed by atoms with Gasteiger partial charge in [-0.15, -0.1) is 0 Å². The molecule has 1 aromatic carbocycles. The Labute approximate surface area is 113 Å². The zero-order valence-electron chi connectivity index (χ0n) is 10.7. The molecule has 1 unspecified atom stereocenters. The second-order valence-electron chi connectivity index (χ2n) is 4.88. The van der Waals surface area contributed by atoms with Gasteiger partial charge in [-0.3, -0.25) is 4.79 Å². The highest BCUT2D eigenvalue weighted by Crippen LogP contribution is 2.35. The molecule has 1 atom stereocenters. The molecule has 0 spiro atoms. The Morgan fingerprint density at radius 1 is 1.40 bits per heavy atom. The van der Waals surface area contributed by atoms with Crippen molar-refractivity contribution in [3.05, 3.63) is 41.2 Å². The standard InChI is InChI=1S/C14H12F2N2O2/c1-18-11-5-3-8(14(19)20)12(11)17-13(18)7-2-4-9(15)10(16)6-7/h2,4,6,8H,3,5H2,1H3,(H,19,20). The van der Waals surface area contributed by atoms with Crippen LogP contribution in [0, 0.1) is 11.6 Å². The lowest BCUT2D eigenvalue weighted by molar-refractivity contribution is -0.138. The minimum atomic E-state index is -0.944. The van der Waals surface area contributed by atoms with E-state index in [1.54, 1.807) is 11.6 Å². The number of imidazole rings is 1. The zero-order chi connectivity index (χ0) is 14.4. The molecule has 2 aromatic rings. The third-order valence-electron chi connectivity index (χ3n) is 3.72. The quantitative estimate of drug-likeness (QED) is 0.918. The molecule has 4 nitrogen and oxygen atoms in total. The highest BCUT2D eigenvalue weighted by molar-refractivity contribution is 5.77. The van der Waals surface area contributed by atoms with Crippen molar-refractivity contribution in [2.45, 2.75) is 18.8 Å². The number of hydrogen-bond acceptors (Lipinski definition) is 2. The van der Waals surface area contributed by atoms with E-state index in [-0.39, 0.29) is 0 Å². The van der Waals surface area contributed by atoms with Crippen LogP contribution >= 0.6 is 0 Å². The summed E-state index contributed by atoms with van der Waals surface area (Å²) in [4.78, 5) is 15.5. The summed E-state index contributed by atoms with van der Waals surface area (Å²) < 4.78 is 28.0. The van der Waals surface area contributed by atoms with E-state index in [1.165, 1.54) is 6.07 Å². The summed E-state index contributed by atoms with van der Waals surface area (Å²) in [5.41, 5.74) is 1.81. The summed E-state index contributed by atoms with van der Waals surface area (Å²) in [5, 5.41) is 9.15. The Morgan fingerprint density at radius 2 is 2.15 bits per heavy atom. The first-order valence-electron chi connectivity index (χ1n) is 6.22. The van der Waals surface area contributed by atoms with Crippen LogP contribution < -0.4 is 0 Å². The smallest absolute Gasteiger partial charge is 0.312 e. The average molecular weight is 278 g/mol. The lowest BCUT2D eigenvalue weighted by Gasteiger charge is -2.05. The molecule has 0 amide bonds. The molecule has 104 valence electrons. The minimum absolute atomic E-state index is 0.435. The van der Waals surface area contributed by atoms with Crippen molar-refractivity contribution in [3.8, 4) is 11.4 Å². The monoisotopic (exact) mass is 278 g/mol. The molecule has 0 fully saturated rings. The second-order valence-corrected chi connectivity index (χ2v) is 4.88. The highest BCUT2D eigenvalue weighted by Gasteiger charge is 2.33. The number of carboxylic acid groups (broad SMARTS) is 1. The van der Waals surface area contributed by atoms with Crippen LogP contribution in [-0.2, 0) is 18.3 Å². The first-order chi connectivity index (χ1) is 9.49. The molecular weight excluding hydrogens is 266 g/mol. The molecule has 0 radical (unpaired) electrons. The highest BCUT2D eigenvalue weighted by atomic mass is 19.2. The van der Waals surface area contributed by atoms with Gasteiger partial charge in [-0.05, 0) is 31.0 Å². The third kappa shape index (κ3) is 1.79. The fraction of sp³-hybridized carbons (Fsp3) is 0.286. The van der Waals surface area contributed by atoms with E-state index in [4.69, 9.17) is 5.11 Å². The maximum absolute atomic E-state index is 13.3. The van der Waals surface area contributed by atoms with Gasteiger partial charge >= 0.3 is 5.97 Å². The number of rotatable bonds is 2. The van der Waals surface area contributed by atoms with E-state index in [1.807, 2.05) is 0 Å². The SMILES string of the molecule is Cn1c(-c2ccc(F)c(F)c2)nc2c1CCC2C(=O)O. The molecule has 1 aliphatic rings. The van der Waals surface area contributed by atoms with Crippen LogP contribution in [0.15, 0.2) is 18.2 Å². The van der Waals surface area contributed by atoms with E-state index in [0.29, 0.717) is 29.9 Å². The Morgan fingerprint density at radius 3 is 2.80 bits per heavy atom. The van der Waals surface area contributed by atoms with Crippen molar-refractivity contribution >= 4 is 5.97 Å². The first-order valence-corrected chi connectivity index (χ1v) is 6.22. The van der Waals surface area contributed by atoms with Gasteiger partial charge in [0.05, 0.1) is 5.69 Å². The zero-order valence-corrected chi connectivity index (χ0v) is 10.7. The molecule has 0 bridgehead atoms. The van der Waals surface area contributed by atoms with Crippen molar-refractivity contribution in [1.29, 1.82) is 0 Å². The number of carboxylic acids is 1. The van der Waals surface area contributed by atoms with E-state index < -0.39 is 23.5 Å². The molecule has 20 heavy (non-hydrogen) atoms. The Bertz CT molecular complexity index is 709. The van der Waals surface area contributed by atoms with Crippen molar-refractivity contribution in [2.75, 3.05) is 0 Å².